The van der Waals surface area contributed by atoms with Gasteiger partial charge in [-0.3, -0.25) is 0 Å². The highest BCUT2D eigenvalue weighted by Crippen LogP contribution is 2.41. The number of rotatable bonds is 1. The average molecular weight is 219 g/mol. The maximum atomic E-state index is 10.4. The molecule has 1 saturated carbocycles. The van der Waals surface area contributed by atoms with Crippen LogP contribution in [0.4, 0.5) is 0 Å². The number of aliphatic hydroxyl groups is 1. The van der Waals surface area contributed by atoms with E-state index in [9.17, 15) is 5.11 Å². The monoisotopic (exact) mass is 219 g/mol. The molecule has 0 atom stereocenters. The van der Waals surface area contributed by atoms with E-state index in [0.29, 0.717) is 0 Å². The predicted octanol–water partition coefficient (Wildman–Crippen LogP) is 3.06. The first-order valence-corrected chi connectivity index (χ1v) is 6.18. The summed E-state index contributed by atoms with van der Waals surface area (Å²) in [6.45, 7) is 0. The molecule has 2 nitrogen and oxygen atoms in total. The molecular formula is C12H13NOS. The van der Waals surface area contributed by atoms with Crippen molar-refractivity contribution < 1.29 is 5.11 Å². The molecule has 1 aliphatic rings. The lowest BCUT2D eigenvalue weighted by Crippen LogP contribution is -2.20. The standard InChI is InChI=1S/C12H13NOS/c14-12(7-3-4-8-12)11-13-9-5-1-2-6-10(9)15-11/h1-2,5-6,14H,3-4,7-8H2. The molecule has 0 radical (unpaired) electrons. The highest BCUT2D eigenvalue weighted by molar-refractivity contribution is 7.18. The lowest BCUT2D eigenvalue weighted by atomic mass is 10.0. The van der Waals surface area contributed by atoms with E-state index in [0.717, 1.165) is 36.2 Å². The molecule has 0 bridgehead atoms. The van der Waals surface area contributed by atoms with E-state index >= 15 is 0 Å². The van der Waals surface area contributed by atoms with Crippen molar-refractivity contribution in [3.05, 3.63) is 29.3 Å². The summed E-state index contributed by atoms with van der Waals surface area (Å²) >= 11 is 1.63. The Labute approximate surface area is 92.6 Å². The smallest absolute Gasteiger partial charge is 0.126 e. The van der Waals surface area contributed by atoms with Gasteiger partial charge in [0.2, 0.25) is 0 Å². The largest absolute Gasteiger partial charge is 0.383 e. The van der Waals surface area contributed by atoms with Crippen molar-refractivity contribution in [1.82, 2.24) is 4.98 Å². The lowest BCUT2D eigenvalue weighted by molar-refractivity contribution is 0.0444. The Kier molecular flexibility index (Phi) is 2.04. The van der Waals surface area contributed by atoms with E-state index in [2.05, 4.69) is 11.1 Å². The van der Waals surface area contributed by atoms with Gasteiger partial charge in [0, 0.05) is 0 Å². The summed E-state index contributed by atoms with van der Waals surface area (Å²) in [6, 6.07) is 8.08. The Balaban J connectivity index is 2.11. The zero-order chi connectivity index (χ0) is 10.3. The molecular weight excluding hydrogens is 206 g/mol. The van der Waals surface area contributed by atoms with Gasteiger partial charge in [-0.25, -0.2) is 4.98 Å². The van der Waals surface area contributed by atoms with Crippen molar-refractivity contribution in [2.45, 2.75) is 31.3 Å². The van der Waals surface area contributed by atoms with Crippen molar-refractivity contribution >= 4 is 21.6 Å². The molecule has 0 amide bonds. The number of para-hydroxylation sites is 1. The van der Waals surface area contributed by atoms with Crippen LogP contribution in [0.1, 0.15) is 30.7 Å². The van der Waals surface area contributed by atoms with E-state index in [4.69, 9.17) is 0 Å². The van der Waals surface area contributed by atoms with Gasteiger partial charge in [-0.15, -0.1) is 11.3 Å². The van der Waals surface area contributed by atoms with Gasteiger partial charge < -0.3 is 5.11 Å². The topological polar surface area (TPSA) is 33.1 Å². The van der Waals surface area contributed by atoms with Crippen molar-refractivity contribution in [3.8, 4) is 0 Å². The zero-order valence-electron chi connectivity index (χ0n) is 8.44. The number of benzene rings is 1. The second kappa shape index (κ2) is 3.29. The van der Waals surface area contributed by atoms with E-state index in [1.165, 1.54) is 4.70 Å². The summed E-state index contributed by atoms with van der Waals surface area (Å²) in [7, 11) is 0. The fourth-order valence-corrected chi connectivity index (χ4v) is 3.36. The second-order valence-corrected chi connectivity index (χ2v) is 5.26. The first-order chi connectivity index (χ1) is 7.28. The summed E-state index contributed by atoms with van der Waals surface area (Å²) in [5.41, 5.74) is 0.377. The van der Waals surface area contributed by atoms with Gasteiger partial charge in [0.25, 0.3) is 0 Å². The first-order valence-electron chi connectivity index (χ1n) is 5.36. The van der Waals surface area contributed by atoms with Crippen LogP contribution in [0, 0.1) is 0 Å². The molecule has 78 valence electrons. The minimum absolute atomic E-state index is 0.635. The van der Waals surface area contributed by atoms with Crippen LogP contribution in [0.3, 0.4) is 0 Å². The molecule has 1 N–H and O–H groups in total. The van der Waals surface area contributed by atoms with Crippen LogP contribution in [0.5, 0.6) is 0 Å². The fourth-order valence-electron chi connectivity index (χ4n) is 2.25. The molecule has 2 aromatic rings. The third kappa shape index (κ3) is 1.46. The molecule has 1 aliphatic carbocycles. The minimum Gasteiger partial charge on any atom is -0.383 e. The number of nitrogens with zero attached hydrogens (tertiary/aromatic N) is 1. The maximum Gasteiger partial charge on any atom is 0.126 e. The Morgan fingerprint density at radius 1 is 1.20 bits per heavy atom. The minimum atomic E-state index is -0.635. The molecule has 0 unspecified atom stereocenters. The van der Waals surface area contributed by atoms with E-state index < -0.39 is 5.60 Å². The molecule has 1 fully saturated rings. The van der Waals surface area contributed by atoms with Gasteiger partial charge in [0.15, 0.2) is 0 Å². The third-order valence-corrected chi connectivity index (χ3v) is 4.35. The number of thiazole rings is 1. The van der Waals surface area contributed by atoms with Crippen LogP contribution in [-0.2, 0) is 5.60 Å². The quantitative estimate of drug-likeness (QED) is 0.799. The average Bonchev–Trinajstić information content (AvgIpc) is 2.84. The van der Waals surface area contributed by atoms with Crippen LogP contribution in [0.25, 0.3) is 10.2 Å². The summed E-state index contributed by atoms with van der Waals surface area (Å²) in [4.78, 5) is 4.54. The van der Waals surface area contributed by atoms with Gasteiger partial charge in [-0.1, -0.05) is 25.0 Å². The van der Waals surface area contributed by atoms with Gasteiger partial charge >= 0.3 is 0 Å². The molecule has 0 saturated heterocycles. The summed E-state index contributed by atoms with van der Waals surface area (Å²) in [6.07, 6.45) is 3.97. The van der Waals surface area contributed by atoms with Gasteiger partial charge in [-0.05, 0) is 25.0 Å². The molecule has 0 aliphatic heterocycles. The number of fused-ring (bicyclic) bond motifs is 1. The third-order valence-electron chi connectivity index (χ3n) is 3.12. The Bertz CT molecular complexity index is 452. The zero-order valence-corrected chi connectivity index (χ0v) is 9.26. The highest BCUT2D eigenvalue weighted by Gasteiger charge is 2.35. The summed E-state index contributed by atoms with van der Waals surface area (Å²) in [5, 5.41) is 11.3. The highest BCUT2D eigenvalue weighted by atomic mass is 32.1. The van der Waals surface area contributed by atoms with Crippen LogP contribution in [0.2, 0.25) is 0 Å². The molecule has 15 heavy (non-hydrogen) atoms. The van der Waals surface area contributed by atoms with Gasteiger partial charge in [0.1, 0.15) is 10.6 Å². The Hall–Kier alpha value is -0.930. The molecule has 3 rings (SSSR count). The van der Waals surface area contributed by atoms with Crippen LogP contribution < -0.4 is 0 Å². The van der Waals surface area contributed by atoms with E-state index in [1.807, 2.05) is 18.2 Å². The van der Waals surface area contributed by atoms with Crippen LogP contribution in [0.15, 0.2) is 24.3 Å². The molecule has 0 spiro atoms. The SMILES string of the molecule is OC1(c2nc3ccccc3s2)CCCC1. The number of aromatic nitrogens is 1. The molecule has 1 heterocycles. The normalized spacial score (nSPS) is 19.8. The summed E-state index contributed by atoms with van der Waals surface area (Å²) in [5.74, 6) is 0. The molecule has 1 aromatic heterocycles. The predicted molar refractivity (Wildman–Crippen MR) is 62.0 cm³/mol. The fraction of sp³-hybridized carbons (Fsp3) is 0.417. The van der Waals surface area contributed by atoms with E-state index in [1.54, 1.807) is 11.3 Å². The lowest BCUT2D eigenvalue weighted by Gasteiger charge is -2.18. The Morgan fingerprint density at radius 2 is 1.93 bits per heavy atom. The van der Waals surface area contributed by atoms with Gasteiger partial charge in [-0.2, -0.15) is 0 Å². The first kappa shape index (κ1) is 9.31. The Morgan fingerprint density at radius 3 is 2.67 bits per heavy atom. The number of hydrogen-bond acceptors (Lipinski definition) is 3. The van der Waals surface area contributed by atoms with Crippen molar-refractivity contribution in [3.63, 3.8) is 0 Å². The molecule has 3 heteroatoms. The second-order valence-electron chi connectivity index (χ2n) is 4.23. The van der Waals surface area contributed by atoms with Crippen molar-refractivity contribution in [2.24, 2.45) is 0 Å². The molecule has 1 aromatic carbocycles. The van der Waals surface area contributed by atoms with Crippen LogP contribution in [-0.4, -0.2) is 10.1 Å². The summed E-state index contributed by atoms with van der Waals surface area (Å²) < 4.78 is 1.17. The van der Waals surface area contributed by atoms with E-state index in [-0.39, 0.29) is 0 Å². The van der Waals surface area contributed by atoms with Crippen LogP contribution >= 0.6 is 11.3 Å². The maximum absolute atomic E-state index is 10.4. The van der Waals surface area contributed by atoms with Gasteiger partial charge in [0.05, 0.1) is 10.2 Å². The number of hydrogen-bond donors (Lipinski definition) is 1. The van der Waals surface area contributed by atoms with Crippen molar-refractivity contribution in [2.75, 3.05) is 0 Å². The van der Waals surface area contributed by atoms with Crippen molar-refractivity contribution in [1.29, 1.82) is 0 Å².